The van der Waals surface area contributed by atoms with Gasteiger partial charge in [0.1, 0.15) is 22.7 Å². The van der Waals surface area contributed by atoms with Gasteiger partial charge in [-0.05, 0) is 45.4 Å². The average Bonchev–Trinajstić information content (AvgIpc) is 3.19. The largest absolute Gasteiger partial charge is 0.477 e. The van der Waals surface area contributed by atoms with E-state index in [1.54, 1.807) is 52.0 Å². The zero-order valence-corrected chi connectivity index (χ0v) is 22.7. The normalized spacial score (nSPS) is 21.1. The Hall–Kier alpha value is -3.62. The molecule has 7 N–H and O–H groups in total. The van der Waals surface area contributed by atoms with E-state index in [1.165, 1.54) is 29.2 Å². The first-order valence-electron chi connectivity index (χ1n) is 11.6. The number of rotatable bonds is 6. The topological polar surface area (TPSA) is 190 Å². The number of carbonyl (C=O) groups excluding carboxylic acids is 3. The van der Waals surface area contributed by atoms with Crippen LogP contribution in [-0.4, -0.2) is 61.6 Å². The number of carboxylic acids is 1. The van der Waals surface area contributed by atoms with Crippen LogP contribution in [0.15, 0.2) is 41.6 Å². The summed E-state index contributed by atoms with van der Waals surface area (Å²) in [5.74, 6) is -2.38. The zero-order chi connectivity index (χ0) is 28.0. The summed E-state index contributed by atoms with van der Waals surface area (Å²) in [7, 11) is 0. The molecule has 3 atom stereocenters. The van der Waals surface area contributed by atoms with E-state index in [0.717, 1.165) is 4.90 Å². The van der Waals surface area contributed by atoms with Crippen LogP contribution >= 0.6 is 23.1 Å². The number of amides is 3. The lowest BCUT2D eigenvalue weighted by Gasteiger charge is -2.49. The molecule has 0 radical (unpaired) electrons. The molecule has 2 aromatic rings. The molecule has 0 spiro atoms. The number of hydrogen-bond acceptors (Lipinski definition) is 10. The number of carboxylic acid groups (broad SMARTS) is 1. The van der Waals surface area contributed by atoms with Crippen LogP contribution in [0.1, 0.15) is 33.3 Å². The molecule has 2 aliphatic rings. The van der Waals surface area contributed by atoms with Gasteiger partial charge in [0.05, 0.1) is 10.2 Å². The molecule has 2 aliphatic heterocycles. The van der Waals surface area contributed by atoms with E-state index in [0.29, 0.717) is 26.7 Å². The van der Waals surface area contributed by atoms with Gasteiger partial charge in [0.15, 0.2) is 10.8 Å². The van der Waals surface area contributed by atoms with Crippen molar-refractivity contribution in [3.05, 3.63) is 47.2 Å². The number of allylic oxidation sites excluding steroid dienone is 2. The molecule has 0 bridgehead atoms. The fourth-order valence-corrected chi connectivity index (χ4v) is 6.23. The summed E-state index contributed by atoms with van der Waals surface area (Å²) in [5.41, 5.74) is 10.5. The second kappa shape index (κ2) is 9.93. The van der Waals surface area contributed by atoms with Crippen LogP contribution in [0, 0.1) is 0 Å². The van der Waals surface area contributed by atoms with Gasteiger partial charge in [0.25, 0.3) is 11.8 Å². The third-order valence-electron chi connectivity index (χ3n) is 5.77. The second-order valence-corrected chi connectivity index (χ2v) is 11.9. The van der Waals surface area contributed by atoms with Crippen molar-refractivity contribution in [1.29, 1.82) is 0 Å². The Kier molecular flexibility index (Phi) is 7.16. The number of hydrogen-bond donors (Lipinski definition) is 5. The minimum absolute atomic E-state index is 0.124. The van der Waals surface area contributed by atoms with Crippen LogP contribution < -0.4 is 22.1 Å². The van der Waals surface area contributed by atoms with Crippen LogP contribution in [0.4, 0.5) is 9.93 Å². The molecule has 202 valence electrons. The van der Waals surface area contributed by atoms with E-state index >= 15 is 0 Å². The minimum Gasteiger partial charge on any atom is -0.477 e. The van der Waals surface area contributed by atoms with Gasteiger partial charge in [-0.3, -0.25) is 25.5 Å². The van der Waals surface area contributed by atoms with Gasteiger partial charge in [-0.15, -0.1) is 11.8 Å². The number of anilines is 1. The number of alkyl carbamates (subject to hydrolysis) is 1. The SMILES string of the molecule is C/C=C\C1=C(C(=O)O)N2C(=O)C(NC(=O)C(N)(NC(=O)OC(C)(C)C)c3ccc4nc(N)sc4c3)[C@@H]2SC1. The summed E-state index contributed by atoms with van der Waals surface area (Å²) in [4.78, 5) is 56.7. The lowest BCUT2D eigenvalue weighted by molar-refractivity contribution is -0.151. The highest BCUT2D eigenvalue weighted by Crippen LogP contribution is 2.41. The maximum atomic E-state index is 13.7. The highest BCUT2D eigenvalue weighted by molar-refractivity contribution is 8.00. The van der Waals surface area contributed by atoms with E-state index in [1.807, 2.05) is 0 Å². The summed E-state index contributed by atoms with van der Waals surface area (Å²) in [6.45, 7) is 6.73. The number of thioether (sulfide) groups is 1. The predicted octanol–water partition coefficient (Wildman–Crippen LogP) is 1.83. The number of aromatic nitrogens is 1. The Balaban J connectivity index is 1.64. The van der Waals surface area contributed by atoms with Gasteiger partial charge in [0.2, 0.25) is 0 Å². The summed E-state index contributed by atoms with van der Waals surface area (Å²) in [5, 5.41) is 14.4. The Morgan fingerprint density at radius 1 is 1.29 bits per heavy atom. The number of fused-ring (bicyclic) bond motifs is 2. The first-order valence-corrected chi connectivity index (χ1v) is 13.4. The molecule has 14 heteroatoms. The van der Waals surface area contributed by atoms with Crippen LogP contribution in [0.2, 0.25) is 0 Å². The monoisotopic (exact) mass is 560 g/mol. The molecular formula is C24H28N6O6S2. The molecule has 1 aromatic heterocycles. The van der Waals surface area contributed by atoms with Crippen LogP contribution in [0.3, 0.4) is 0 Å². The molecule has 1 fully saturated rings. The minimum atomic E-state index is -2.14. The van der Waals surface area contributed by atoms with Gasteiger partial charge in [-0.2, -0.15) is 0 Å². The molecule has 2 unspecified atom stereocenters. The van der Waals surface area contributed by atoms with Crippen molar-refractivity contribution >= 4 is 62.3 Å². The van der Waals surface area contributed by atoms with Crippen LogP contribution in [0.5, 0.6) is 0 Å². The van der Waals surface area contributed by atoms with Crippen molar-refractivity contribution in [2.75, 3.05) is 11.5 Å². The number of nitrogens with zero attached hydrogens (tertiary/aromatic N) is 2. The zero-order valence-electron chi connectivity index (χ0n) is 21.1. The van der Waals surface area contributed by atoms with Crippen LogP contribution in [-0.2, 0) is 24.8 Å². The summed E-state index contributed by atoms with van der Waals surface area (Å²) >= 11 is 2.49. The summed E-state index contributed by atoms with van der Waals surface area (Å²) in [6, 6.07) is 3.67. The van der Waals surface area contributed by atoms with Gasteiger partial charge < -0.3 is 20.9 Å². The molecule has 38 heavy (non-hydrogen) atoms. The molecular weight excluding hydrogens is 532 g/mol. The van der Waals surface area contributed by atoms with Crippen molar-refractivity contribution in [3.8, 4) is 0 Å². The van der Waals surface area contributed by atoms with Gasteiger partial charge in [-0.1, -0.05) is 29.6 Å². The molecule has 0 aliphatic carbocycles. The quantitative estimate of drug-likeness (QED) is 0.257. The molecule has 4 rings (SSSR count). The highest BCUT2D eigenvalue weighted by Gasteiger charge is 2.55. The van der Waals surface area contributed by atoms with Crippen molar-refractivity contribution in [1.82, 2.24) is 20.5 Å². The van der Waals surface area contributed by atoms with Gasteiger partial charge in [0, 0.05) is 11.3 Å². The van der Waals surface area contributed by atoms with Crippen LogP contribution in [0.25, 0.3) is 10.2 Å². The maximum absolute atomic E-state index is 13.7. The number of nitrogens with two attached hydrogens (primary N) is 2. The van der Waals surface area contributed by atoms with Crippen molar-refractivity contribution in [3.63, 3.8) is 0 Å². The summed E-state index contributed by atoms with van der Waals surface area (Å²) < 4.78 is 5.96. The number of nitrogen functional groups attached to an aromatic ring is 1. The Labute approximate surface area is 226 Å². The number of β-lactam (4-membered cyclic amide) rings is 1. The van der Waals surface area contributed by atoms with Crippen molar-refractivity contribution < 1.29 is 29.0 Å². The third kappa shape index (κ3) is 5.06. The van der Waals surface area contributed by atoms with Gasteiger partial charge >= 0.3 is 12.1 Å². The first-order chi connectivity index (χ1) is 17.7. The van der Waals surface area contributed by atoms with E-state index in [2.05, 4.69) is 15.6 Å². The molecule has 3 heterocycles. The Bertz CT molecular complexity index is 1400. The second-order valence-electron chi connectivity index (χ2n) is 9.71. The summed E-state index contributed by atoms with van der Waals surface area (Å²) in [6.07, 6.45) is 2.39. The fraction of sp³-hybridized carbons (Fsp3) is 0.375. The maximum Gasteiger partial charge on any atom is 0.409 e. The molecule has 0 saturated carbocycles. The molecule has 1 aromatic carbocycles. The molecule has 3 amide bonds. The number of aliphatic carboxylic acids is 1. The fourth-order valence-electron chi connectivity index (χ4n) is 4.14. The highest BCUT2D eigenvalue weighted by atomic mass is 32.2. The first kappa shape index (κ1) is 27.4. The predicted molar refractivity (Wildman–Crippen MR) is 144 cm³/mol. The van der Waals surface area contributed by atoms with E-state index in [9.17, 15) is 24.3 Å². The van der Waals surface area contributed by atoms with Crippen molar-refractivity contribution in [2.24, 2.45) is 5.73 Å². The molecule has 1 saturated heterocycles. The number of thiazole rings is 1. The van der Waals surface area contributed by atoms with E-state index < -0.39 is 46.6 Å². The number of carbonyl (C=O) groups is 4. The lowest BCUT2D eigenvalue weighted by Crippen LogP contribution is -2.74. The Morgan fingerprint density at radius 3 is 2.63 bits per heavy atom. The number of ether oxygens (including phenoxy) is 1. The number of nitrogens with one attached hydrogen (secondary N) is 2. The molecule has 12 nitrogen and oxygen atoms in total. The van der Waals surface area contributed by atoms with Gasteiger partial charge in [-0.25, -0.2) is 14.6 Å². The van der Waals surface area contributed by atoms with Crippen molar-refractivity contribution in [2.45, 2.75) is 50.4 Å². The average molecular weight is 561 g/mol. The lowest BCUT2D eigenvalue weighted by atomic mass is 9.96. The standard InChI is InChI=1S/C24H28N6O6S2/c1-5-6-11-10-37-18-15(17(31)30(18)16(11)19(32)33)28-20(34)24(26,29-22(35)36-23(2,3)4)12-7-8-13-14(9-12)38-21(25)27-13/h5-9,15,18H,10,26H2,1-4H3,(H2,25,27)(H,28,34)(H,29,35)(H,32,33)/b6-5-/t15?,18-,24?/m0/s1. The third-order valence-corrected chi connectivity index (χ3v) is 7.92. The van der Waals surface area contributed by atoms with E-state index in [-0.39, 0.29) is 11.3 Å². The smallest absolute Gasteiger partial charge is 0.409 e. The Morgan fingerprint density at radius 2 is 2.00 bits per heavy atom. The van der Waals surface area contributed by atoms with E-state index in [4.69, 9.17) is 16.2 Å². The number of benzene rings is 1.